The van der Waals surface area contributed by atoms with E-state index >= 15 is 0 Å². The van der Waals surface area contributed by atoms with Gasteiger partial charge in [-0.2, -0.15) is 0 Å². The molecular weight excluding hydrogens is 398 g/mol. The zero-order chi connectivity index (χ0) is 20.5. The van der Waals surface area contributed by atoms with Crippen LogP contribution in [-0.2, 0) is 11.3 Å². The molecule has 6 heteroatoms. The highest BCUT2D eigenvalue weighted by Gasteiger charge is 2.35. The molecule has 156 valence electrons. The summed E-state index contributed by atoms with van der Waals surface area (Å²) in [4.78, 5) is 22.3. The van der Waals surface area contributed by atoms with Crippen LogP contribution in [0.25, 0.3) is 11.1 Å². The summed E-state index contributed by atoms with van der Waals surface area (Å²) in [5.41, 5.74) is 2.85. The Balaban J connectivity index is 1.21. The van der Waals surface area contributed by atoms with Crippen LogP contribution in [0, 0.1) is 0 Å². The van der Waals surface area contributed by atoms with Crippen molar-refractivity contribution in [2.75, 3.05) is 19.6 Å². The highest BCUT2D eigenvalue weighted by molar-refractivity contribution is 6.31. The molecule has 0 bridgehead atoms. The van der Waals surface area contributed by atoms with E-state index in [1.165, 1.54) is 5.56 Å². The number of oxazole rings is 1. The van der Waals surface area contributed by atoms with Crippen molar-refractivity contribution in [1.29, 1.82) is 0 Å². The minimum absolute atomic E-state index is 0.00761. The van der Waals surface area contributed by atoms with E-state index in [1.54, 1.807) is 0 Å². The van der Waals surface area contributed by atoms with Crippen molar-refractivity contribution in [3.63, 3.8) is 0 Å². The van der Waals surface area contributed by atoms with Crippen LogP contribution in [-0.4, -0.2) is 46.4 Å². The number of piperidine rings is 1. The van der Waals surface area contributed by atoms with Crippen LogP contribution in [0.2, 0.25) is 5.02 Å². The smallest absolute Gasteiger partial charge is 0.239 e. The Morgan fingerprint density at radius 3 is 2.67 bits per heavy atom. The Bertz CT molecular complexity index is 1030. The van der Waals surface area contributed by atoms with Crippen LogP contribution in [0.15, 0.2) is 52.9 Å². The molecule has 5 rings (SSSR count). The van der Waals surface area contributed by atoms with Crippen LogP contribution in [0.3, 0.4) is 0 Å². The number of rotatable bonds is 4. The number of halogens is 1. The van der Waals surface area contributed by atoms with Crippen LogP contribution >= 0.6 is 11.6 Å². The molecule has 30 heavy (non-hydrogen) atoms. The van der Waals surface area contributed by atoms with Crippen molar-refractivity contribution in [2.45, 2.75) is 44.2 Å². The van der Waals surface area contributed by atoms with Crippen molar-refractivity contribution in [3.05, 3.63) is 65.0 Å². The molecule has 0 radical (unpaired) electrons. The summed E-state index contributed by atoms with van der Waals surface area (Å²) >= 11 is 6.06. The van der Waals surface area contributed by atoms with Crippen molar-refractivity contribution in [2.24, 2.45) is 0 Å². The minimum Gasteiger partial charge on any atom is -0.440 e. The molecular formula is C24H26ClN3O2. The number of hydrogen-bond acceptors (Lipinski definition) is 4. The van der Waals surface area contributed by atoms with E-state index in [0.29, 0.717) is 5.02 Å². The average molecular weight is 424 g/mol. The number of nitrogens with zero attached hydrogens (tertiary/aromatic N) is 3. The molecule has 2 fully saturated rings. The van der Waals surface area contributed by atoms with Gasteiger partial charge in [-0.05, 0) is 56.0 Å². The fourth-order valence-corrected chi connectivity index (χ4v) is 4.93. The lowest BCUT2D eigenvalue weighted by Crippen LogP contribution is -2.48. The van der Waals surface area contributed by atoms with Crippen LogP contribution < -0.4 is 0 Å². The molecule has 0 N–H and O–H groups in total. The predicted molar refractivity (Wildman–Crippen MR) is 117 cm³/mol. The number of amides is 1. The third-order valence-electron chi connectivity index (χ3n) is 6.40. The van der Waals surface area contributed by atoms with Gasteiger partial charge in [0, 0.05) is 30.6 Å². The fraction of sp³-hybridized carbons (Fsp3) is 0.417. The number of likely N-dealkylation sites (tertiary alicyclic amines) is 2. The fourth-order valence-electron chi connectivity index (χ4n) is 4.76. The molecule has 0 spiro atoms. The van der Waals surface area contributed by atoms with Gasteiger partial charge in [0.25, 0.3) is 0 Å². The van der Waals surface area contributed by atoms with Gasteiger partial charge in [-0.1, -0.05) is 41.9 Å². The number of carbonyl (C=O) groups excluding carboxylic acids is 1. The lowest BCUT2D eigenvalue weighted by atomic mass is 9.96. The summed E-state index contributed by atoms with van der Waals surface area (Å²) in [6, 6.07) is 16.0. The first kappa shape index (κ1) is 19.6. The Morgan fingerprint density at radius 1 is 1.07 bits per heavy atom. The first-order valence-corrected chi connectivity index (χ1v) is 11.2. The molecule has 0 aliphatic carbocycles. The Hall–Kier alpha value is -2.37. The molecule has 3 aromatic rings. The van der Waals surface area contributed by atoms with Gasteiger partial charge in [0.1, 0.15) is 5.52 Å². The second kappa shape index (κ2) is 8.40. The molecule has 0 saturated carbocycles. The normalized spacial score (nSPS) is 20.8. The molecule has 1 aromatic heterocycles. The predicted octanol–water partition coefficient (Wildman–Crippen LogP) is 4.85. The van der Waals surface area contributed by atoms with Crippen LogP contribution in [0.4, 0.5) is 0 Å². The summed E-state index contributed by atoms with van der Waals surface area (Å²) in [7, 11) is 0. The molecule has 1 unspecified atom stereocenters. The lowest BCUT2D eigenvalue weighted by Gasteiger charge is -2.34. The maximum Gasteiger partial charge on any atom is 0.239 e. The molecule has 2 saturated heterocycles. The summed E-state index contributed by atoms with van der Waals surface area (Å²) < 4.78 is 5.96. The van der Waals surface area contributed by atoms with Crippen LogP contribution in [0.1, 0.15) is 43.1 Å². The molecule has 1 amide bonds. The van der Waals surface area contributed by atoms with Crippen molar-refractivity contribution in [3.8, 4) is 0 Å². The van der Waals surface area contributed by atoms with Crippen molar-refractivity contribution >= 4 is 28.6 Å². The monoisotopic (exact) mass is 423 g/mol. The van der Waals surface area contributed by atoms with Gasteiger partial charge in [-0.25, -0.2) is 4.98 Å². The summed E-state index contributed by atoms with van der Waals surface area (Å²) in [5.74, 6) is 1.31. The number of fused-ring (bicyclic) bond motifs is 1. The van der Waals surface area contributed by atoms with E-state index < -0.39 is 0 Å². The van der Waals surface area contributed by atoms with Crippen molar-refractivity contribution in [1.82, 2.24) is 14.8 Å². The summed E-state index contributed by atoms with van der Waals surface area (Å²) in [6.07, 6.45) is 3.82. The highest BCUT2D eigenvalue weighted by atomic mass is 35.5. The quantitative estimate of drug-likeness (QED) is 0.601. The maximum atomic E-state index is 13.3. The number of carbonyl (C=O) groups is 1. The highest BCUT2D eigenvalue weighted by Crippen LogP contribution is 2.32. The summed E-state index contributed by atoms with van der Waals surface area (Å²) in [6.45, 7) is 3.36. The second-order valence-corrected chi connectivity index (χ2v) is 8.81. The zero-order valence-electron chi connectivity index (χ0n) is 17.0. The van der Waals surface area contributed by atoms with E-state index in [9.17, 15) is 4.79 Å². The van der Waals surface area contributed by atoms with Gasteiger partial charge >= 0.3 is 0 Å². The first-order chi connectivity index (χ1) is 14.7. The molecule has 2 aliphatic heterocycles. The lowest BCUT2D eigenvalue weighted by molar-refractivity contribution is -0.137. The zero-order valence-corrected chi connectivity index (χ0v) is 17.7. The van der Waals surface area contributed by atoms with Gasteiger partial charge in [0.2, 0.25) is 5.91 Å². The van der Waals surface area contributed by atoms with E-state index in [-0.39, 0.29) is 17.9 Å². The molecule has 1 atom stereocenters. The Labute approximate surface area is 181 Å². The summed E-state index contributed by atoms with van der Waals surface area (Å²) in [5, 5.41) is 0.666. The van der Waals surface area contributed by atoms with Gasteiger partial charge < -0.3 is 9.32 Å². The second-order valence-electron chi connectivity index (χ2n) is 8.38. The number of aromatic nitrogens is 1. The number of hydrogen-bond donors (Lipinski definition) is 0. The van der Waals surface area contributed by atoms with Gasteiger partial charge in [-0.15, -0.1) is 0 Å². The standard InChI is InChI=1S/C24H26ClN3O2/c25-19-8-9-22-20(15-19)26-23(30-22)18-10-13-27(14-11-18)24(29)21-7-4-12-28(21)16-17-5-2-1-3-6-17/h1-3,5-6,8-9,15,18,21H,4,7,10-14,16H2. The van der Waals surface area contributed by atoms with E-state index in [4.69, 9.17) is 16.0 Å². The maximum absolute atomic E-state index is 13.3. The number of benzene rings is 2. The SMILES string of the molecule is O=C(C1CCCN1Cc1ccccc1)N1CCC(c2nc3cc(Cl)ccc3o2)CC1. The van der Waals surface area contributed by atoms with E-state index in [2.05, 4.69) is 34.1 Å². The topological polar surface area (TPSA) is 49.6 Å². The Morgan fingerprint density at radius 2 is 1.87 bits per heavy atom. The van der Waals surface area contributed by atoms with Crippen LogP contribution in [0.5, 0.6) is 0 Å². The van der Waals surface area contributed by atoms with E-state index in [0.717, 1.165) is 68.9 Å². The first-order valence-electron chi connectivity index (χ1n) is 10.8. The molecule has 5 nitrogen and oxygen atoms in total. The van der Waals surface area contributed by atoms with E-state index in [1.807, 2.05) is 29.2 Å². The van der Waals surface area contributed by atoms with Gasteiger partial charge in [-0.3, -0.25) is 9.69 Å². The largest absolute Gasteiger partial charge is 0.440 e. The minimum atomic E-state index is 0.00761. The third kappa shape index (κ3) is 3.96. The van der Waals surface area contributed by atoms with Crippen molar-refractivity contribution < 1.29 is 9.21 Å². The molecule has 3 heterocycles. The average Bonchev–Trinajstić information content (AvgIpc) is 3.40. The van der Waals surface area contributed by atoms with Gasteiger partial charge in [0.05, 0.1) is 6.04 Å². The Kier molecular flexibility index (Phi) is 5.48. The third-order valence-corrected chi connectivity index (χ3v) is 6.63. The molecule has 2 aromatic carbocycles. The molecule has 2 aliphatic rings. The van der Waals surface area contributed by atoms with Gasteiger partial charge in [0.15, 0.2) is 11.5 Å².